The van der Waals surface area contributed by atoms with Crippen LogP contribution in [0.5, 0.6) is 0 Å². The molecule has 1 heterocycles. The fourth-order valence-electron chi connectivity index (χ4n) is 3.04. The van der Waals surface area contributed by atoms with Crippen LogP contribution in [0.4, 0.5) is 0 Å². The zero-order chi connectivity index (χ0) is 19.9. The van der Waals surface area contributed by atoms with Crippen LogP contribution in [-0.2, 0) is 4.74 Å². The molecule has 0 bridgehead atoms. The highest BCUT2D eigenvalue weighted by molar-refractivity contribution is 5.97. The van der Waals surface area contributed by atoms with E-state index in [2.05, 4.69) is 0 Å². The van der Waals surface area contributed by atoms with Gasteiger partial charge in [-0.3, -0.25) is 0 Å². The number of furan rings is 1. The van der Waals surface area contributed by atoms with Crippen molar-refractivity contribution in [2.24, 2.45) is 0 Å². The Morgan fingerprint density at radius 1 is 0.793 bits per heavy atom. The van der Waals surface area contributed by atoms with E-state index in [1.807, 2.05) is 103 Å². The number of esters is 1. The second kappa shape index (κ2) is 8.89. The van der Waals surface area contributed by atoms with Crippen molar-refractivity contribution in [3.63, 3.8) is 0 Å². The van der Waals surface area contributed by atoms with E-state index in [1.165, 1.54) is 0 Å². The van der Waals surface area contributed by atoms with E-state index in [0.29, 0.717) is 17.1 Å². The van der Waals surface area contributed by atoms with Gasteiger partial charge in [0.05, 0.1) is 0 Å². The quantitative estimate of drug-likeness (QED) is 0.359. The third-order valence-corrected chi connectivity index (χ3v) is 4.47. The highest BCUT2D eigenvalue weighted by atomic mass is 16.5. The first-order valence-electron chi connectivity index (χ1n) is 9.44. The molecular formula is C26H20O3. The molecule has 29 heavy (non-hydrogen) atoms. The Morgan fingerprint density at radius 2 is 1.38 bits per heavy atom. The van der Waals surface area contributed by atoms with Gasteiger partial charge in [-0.25, -0.2) is 4.79 Å². The Morgan fingerprint density at radius 3 is 2.03 bits per heavy atom. The molecule has 3 aromatic carbocycles. The second-order valence-electron chi connectivity index (χ2n) is 6.50. The minimum absolute atomic E-state index is 0.188. The smallest absolute Gasteiger partial charge is 0.342 e. The Labute approximate surface area is 169 Å². The first-order chi connectivity index (χ1) is 14.3. The van der Waals surface area contributed by atoms with Gasteiger partial charge >= 0.3 is 5.97 Å². The van der Waals surface area contributed by atoms with Crippen LogP contribution in [0.3, 0.4) is 0 Å². The fraction of sp³-hybridized carbons (Fsp3) is 0.0385. The average Bonchev–Trinajstić information content (AvgIpc) is 3.24. The Kier molecular flexibility index (Phi) is 5.68. The number of carbonyl (C=O) groups excluding carboxylic acids is 1. The molecule has 142 valence electrons. The van der Waals surface area contributed by atoms with Crippen LogP contribution < -0.4 is 0 Å². The number of benzene rings is 3. The standard InChI is InChI=1S/C26H20O3/c27-26(28-18-10-13-20-11-4-1-5-12-20)23-19-24(21-14-6-2-7-15-21)29-25(23)22-16-8-3-9-17-22/h1-17,19H,18H2/b13-10+. The summed E-state index contributed by atoms with van der Waals surface area (Å²) in [4.78, 5) is 12.8. The molecule has 0 unspecified atom stereocenters. The molecule has 3 nitrogen and oxygen atoms in total. The van der Waals surface area contributed by atoms with Crippen LogP contribution in [0.1, 0.15) is 15.9 Å². The van der Waals surface area contributed by atoms with Gasteiger partial charge in [0, 0.05) is 11.1 Å². The first-order valence-corrected chi connectivity index (χ1v) is 9.44. The van der Waals surface area contributed by atoms with Crippen molar-refractivity contribution in [3.05, 3.63) is 114 Å². The third-order valence-electron chi connectivity index (χ3n) is 4.47. The van der Waals surface area contributed by atoms with Gasteiger partial charge in [-0.15, -0.1) is 0 Å². The molecule has 0 aliphatic heterocycles. The monoisotopic (exact) mass is 380 g/mol. The van der Waals surface area contributed by atoms with Crippen LogP contribution >= 0.6 is 0 Å². The van der Waals surface area contributed by atoms with Gasteiger partial charge in [-0.1, -0.05) is 97.1 Å². The molecule has 4 aromatic rings. The van der Waals surface area contributed by atoms with Crippen LogP contribution in [0.15, 0.2) is 108 Å². The van der Waals surface area contributed by atoms with Gasteiger partial charge in [0.25, 0.3) is 0 Å². The van der Waals surface area contributed by atoms with Gasteiger partial charge in [0.15, 0.2) is 0 Å². The maximum absolute atomic E-state index is 12.8. The molecule has 0 saturated carbocycles. The van der Waals surface area contributed by atoms with Crippen molar-refractivity contribution in [2.45, 2.75) is 0 Å². The molecule has 0 amide bonds. The molecule has 0 N–H and O–H groups in total. The SMILES string of the molecule is O=C(OC/C=C/c1ccccc1)c1cc(-c2ccccc2)oc1-c1ccccc1. The molecule has 0 fully saturated rings. The maximum atomic E-state index is 12.8. The highest BCUT2D eigenvalue weighted by Gasteiger charge is 2.21. The van der Waals surface area contributed by atoms with E-state index in [4.69, 9.17) is 9.15 Å². The van der Waals surface area contributed by atoms with Gasteiger partial charge in [0.2, 0.25) is 0 Å². The van der Waals surface area contributed by atoms with Gasteiger partial charge in [-0.05, 0) is 17.7 Å². The minimum atomic E-state index is -0.410. The van der Waals surface area contributed by atoms with Crippen molar-refractivity contribution in [3.8, 4) is 22.6 Å². The Balaban J connectivity index is 1.57. The zero-order valence-electron chi connectivity index (χ0n) is 15.8. The van der Waals surface area contributed by atoms with Crippen molar-refractivity contribution in [1.29, 1.82) is 0 Å². The molecule has 3 heteroatoms. The van der Waals surface area contributed by atoms with Crippen molar-refractivity contribution in [2.75, 3.05) is 6.61 Å². The lowest BCUT2D eigenvalue weighted by molar-refractivity contribution is 0.0550. The Hall–Kier alpha value is -3.85. The van der Waals surface area contributed by atoms with E-state index in [1.54, 1.807) is 6.07 Å². The lowest BCUT2D eigenvalue weighted by Crippen LogP contribution is -2.05. The summed E-state index contributed by atoms with van der Waals surface area (Å²) >= 11 is 0. The molecule has 0 aliphatic rings. The van der Waals surface area contributed by atoms with Crippen molar-refractivity contribution in [1.82, 2.24) is 0 Å². The van der Waals surface area contributed by atoms with E-state index < -0.39 is 5.97 Å². The molecular weight excluding hydrogens is 360 g/mol. The molecule has 0 aliphatic carbocycles. The number of hydrogen-bond donors (Lipinski definition) is 0. The predicted molar refractivity (Wildman–Crippen MR) is 115 cm³/mol. The van der Waals surface area contributed by atoms with Gasteiger partial charge < -0.3 is 9.15 Å². The normalized spacial score (nSPS) is 10.9. The van der Waals surface area contributed by atoms with Crippen LogP contribution in [-0.4, -0.2) is 12.6 Å². The summed E-state index contributed by atoms with van der Waals surface area (Å²) in [5, 5.41) is 0. The molecule has 4 rings (SSSR count). The van der Waals surface area contributed by atoms with E-state index in [-0.39, 0.29) is 6.61 Å². The average molecular weight is 380 g/mol. The summed E-state index contributed by atoms with van der Waals surface area (Å²) in [5.41, 5.74) is 3.22. The topological polar surface area (TPSA) is 39.4 Å². The van der Waals surface area contributed by atoms with Crippen molar-refractivity contribution >= 4 is 12.0 Å². The summed E-state index contributed by atoms with van der Waals surface area (Å²) < 4.78 is 11.5. The van der Waals surface area contributed by atoms with E-state index in [0.717, 1.165) is 16.7 Å². The van der Waals surface area contributed by atoms with Crippen LogP contribution in [0.25, 0.3) is 28.7 Å². The first kappa shape index (κ1) is 18.5. The van der Waals surface area contributed by atoms with Crippen LogP contribution in [0, 0.1) is 0 Å². The van der Waals surface area contributed by atoms with Crippen LogP contribution in [0.2, 0.25) is 0 Å². The maximum Gasteiger partial charge on any atom is 0.342 e. The van der Waals surface area contributed by atoms with Gasteiger partial charge in [-0.2, -0.15) is 0 Å². The van der Waals surface area contributed by atoms with Crippen molar-refractivity contribution < 1.29 is 13.9 Å². The number of carbonyl (C=O) groups is 1. The summed E-state index contributed by atoms with van der Waals surface area (Å²) in [7, 11) is 0. The molecule has 0 radical (unpaired) electrons. The fourth-order valence-corrected chi connectivity index (χ4v) is 3.04. The highest BCUT2D eigenvalue weighted by Crippen LogP contribution is 2.33. The molecule has 1 aromatic heterocycles. The van der Waals surface area contributed by atoms with E-state index >= 15 is 0 Å². The zero-order valence-corrected chi connectivity index (χ0v) is 15.8. The second-order valence-corrected chi connectivity index (χ2v) is 6.50. The molecule has 0 saturated heterocycles. The summed E-state index contributed by atoms with van der Waals surface area (Å²) in [6, 6.07) is 30.9. The minimum Gasteiger partial charge on any atom is -0.458 e. The summed E-state index contributed by atoms with van der Waals surface area (Å²) in [6.07, 6.45) is 3.75. The lowest BCUT2D eigenvalue weighted by atomic mass is 10.1. The number of rotatable bonds is 6. The number of ether oxygens (including phenoxy) is 1. The summed E-state index contributed by atoms with van der Waals surface area (Å²) in [5.74, 6) is 0.741. The molecule has 0 spiro atoms. The summed E-state index contributed by atoms with van der Waals surface area (Å²) in [6.45, 7) is 0.188. The van der Waals surface area contributed by atoms with Gasteiger partial charge in [0.1, 0.15) is 23.7 Å². The Bertz CT molecular complexity index is 1090. The lowest BCUT2D eigenvalue weighted by Gasteiger charge is -2.03. The van der Waals surface area contributed by atoms with E-state index in [9.17, 15) is 4.79 Å². The third kappa shape index (κ3) is 4.53. The molecule has 0 atom stereocenters. The predicted octanol–water partition coefficient (Wildman–Crippen LogP) is 6.48. The number of hydrogen-bond acceptors (Lipinski definition) is 3. The largest absolute Gasteiger partial charge is 0.458 e.